The summed E-state index contributed by atoms with van der Waals surface area (Å²) in [5.41, 5.74) is 15.0. The van der Waals surface area contributed by atoms with E-state index in [1.807, 2.05) is 18.2 Å². The summed E-state index contributed by atoms with van der Waals surface area (Å²) in [5, 5.41) is 2.98. The number of aromatic amines is 1. The number of rotatable bonds is 5. The number of hydrogen-bond acceptors (Lipinski definition) is 9. The highest BCUT2D eigenvalue weighted by molar-refractivity contribution is 7.99. The number of aryl methyl sites for hydroxylation is 1. The Kier molecular flexibility index (Phi) is 6.07. The Morgan fingerprint density at radius 2 is 1.89 bits per heavy atom. The second kappa shape index (κ2) is 9.26. The molecule has 0 radical (unpaired) electrons. The summed E-state index contributed by atoms with van der Waals surface area (Å²) in [6, 6.07) is 7.64. The van der Waals surface area contributed by atoms with Crippen LogP contribution < -0.4 is 26.9 Å². The SMILES string of the molecule is CCc1[nH]c2nc(Sc3ccc4c(N5CCC(N)C5)cc(=O)oc4c3)nc(N3CCC(N)C3)c2c1Cl. The number of fused-ring (bicyclic) bond motifs is 2. The molecule has 188 valence electrons. The molecule has 2 saturated heterocycles. The molecule has 0 bridgehead atoms. The predicted octanol–water partition coefficient (Wildman–Crippen LogP) is 3.51. The van der Waals surface area contributed by atoms with Crippen LogP contribution in [0.5, 0.6) is 0 Å². The summed E-state index contributed by atoms with van der Waals surface area (Å²) in [6.45, 7) is 5.15. The highest BCUT2D eigenvalue weighted by atomic mass is 35.5. The van der Waals surface area contributed by atoms with E-state index in [-0.39, 0.29) is 17.7 Å². The summed E-state index contributed by atoms with van der Waals surface area (Å²) in [4.78, 5) is 30.6. The highest BCUT2D eigenvalue weighted by Gasteiger charge is 2.26. The lowest BCUT2D eigenvalue weighted by atomic mass is 10.2. The molecule has 0 aliphatic carbocycles. The Morgan fingerprint density at radius 1 is 1.14 bits per heavy atom. The first-order valence-corrected chi connectivity index (χ1v) is 13.4. The van der Waals surface area contributed by atoms with E-state index in [0.29, 0.717) is 21.4 Å². The van der Waals surface area contributed by atoms with Crippen molar-refractivity contribution in [1.29, 1.82) is 0 Å². The topological polar surface area (TPSA) is 130 Å². The lowest BCUT2D eigenvalue weighted by molar-refractivity contribution is 0.560. The Balaban J connectivity index is 1.39. The van der Waals surface area contributed by atoms with E-state index in [1.165, 1.54) is 11.8 Å². The maximum absolute atomic E-state index is 12.4. The van der Waals surface area contributed by atoms with E-state index in [2.05, 4.69) is 21.7 Å². The fourth-order valence-electron chi connectivity index (χ4n) is 5.13. The number of aromatic nitrogens is 3. The van der Waals surface area contributed by atoms with Crippen LogP contribution >= 0.6 is 23.4 Å². The van der Waals surface area contributed by atoms with Crippen LogP contribution in [-0.2, 0) is 6.42 Å². The van der Waals surface area contributed by atoms with Gasteiger partial charge in [0, 0.05) is 60.3 Å². The second-order valence-electron chi connectivity index (χ2n) is 9.52. The number of hydrogen-bond donors (Lipinski definition) is 3. The molecule has 0 saturated carbocycles. The van der Waals surface area contributed by atoms with Gasteiger partial charge >= 0.3 is 5.63 Å². The minimum absolute atomic E-state index is 0.109. The number of H-pyrrole nitrogens is 1. The molecule has 2 aliphatic heterocycles. The van der Waals surface area contributed by atoms with Gasteiger partial charge in [0.15, 0.2) is 5.16 Å². The van der Waals surface area contributed by atoms with Gasteiger partial charge in [-0.2, -0.15) is 0 Å². The largest absolute Gasteiger partial charge is 0.423 e. The van der Waals surface area contributed by atoms with Gasteiger partial charge in [0.2, 0.25) is 0 Å². The first-order chi connectivity index (χ1) is 17.4. The van der Waals surface area contributed by atoms with Crippen molar-refractivity contribution in [2.45, 2.75) is 48.3 Å². The van der Waals surface area contributed by atoms with Crippen molar-refractivity contribution in [2.75, 3.05) is 36.0 Å². The number of halogens is 1. The van der Waals surface area contributed by atoms with Crippen LogP contribution in [0.15, 0.2) is 43.5 Å². The zero-order valence-corrected chi connectivity index (χ0v) is 21.5. The first-order valence-electron chi connectivity index (χ1n) is 12.2. The maximum Gasteiger partial charge on any atom is 0.338 e. The number of nitrogens with two attached hydrogens (primary N) is 2. The maximum atomic E-state index is 12.4. The van der Waals surface area contributed by atoms with Crippen LogP contribution in [0.1, 0.15) is 25.5 Å². The van der Waals surface area contributed by atoms with Gasteiger partial charge in [0.05, 0.1) is 16.1 Å². The Bertz CT molecular complexity index is 1520. The minimum Gasteiger partial charge on any atom is -0.423 e. The number of benzene rings is 1. The van der Waals surface area contributed by atoms with Crippen molar-refractivity contribution in [3.8, 4) is 0 Å². The fourth-order valence-corrected chi connectivity index (χ4v) is 6.27. The van der Waals surface area contributed by atoms with Gasteiger partial charge in [-0.25, -0.2) is 14.8 Å². The van der Waals surface area contributed by atoms with Crippen LogP contribution in [0.3, 0.4) is 0 Å². The fraction of sp³-hybridized carbons (Fsp3) is 0.400. The Hall–Kier alpha value is -2.79. The molecule has 9 nitrogen and oxygen atoms in total. The molecule has 0 spiro atoms. The summed E-state index contributed by atoms with van der Waals surface area (Å²) in [7, 11) is 0. The van der Waals surface area contributed by atoms with Crippen LogP contribution in [0, 0.1) is 0 Å². The van der Waals surface area contributed by atoms with Gasteiger partial charge in [-0.1, -0.05) is 18.5 Å². The van der Waals surface area contributed by atoms with Crippen molar-refractivity contribution in [3.05, 3.63) is 45.4 Å². The third-order valence-electron chi connectivity index (χ3n) is 6.97. The second-order valence-corrected chi connectivity index (χ2v) is 10.9. The molecule has 2 fully saturated rings. The summed E-state index contributed by atoms with van der Waals surface area (Å²) in [5.74, 6) is 0.802. The normalized spacial score (nSPS) is 20.3. The van der Waals surface area contributed by atoms with E-state index in [4.69, 9.17) is 37.5 Å². The number of nitrogens with zero attached hydrogens (tertiary/aromatic N) is 4. The molecule has 2 atom stereocenters. The number of anilines is 2. The van der Waals surface area contributed by atoms with Gasteiger partial charge in [0.1, 0.15) is 17.0 Å². The summed E-state index contributed by atoms with van der Waals surface area (Å²) >= 11 is 8.14. The lowest BCUT2D eigenvalue weighted by Crippen LogP contribution is -2.27. The summed E-state index contributed by atoms with van der Waals surface area (Å²) < 4.78 is 5.57. The number of nitrogens with one attached hydrogen (secondary N) is 1. The van der Waals surface area contributed by atoms with Crippen molar-refractivity contribution in [1.82, 2.24) is 15.0 Å². The molecule has 6 rings (SSSR count). The van der Waals surface area contributed by atoms with Crippen LogP contribution in [-0.4, -0.2) is 53.2 Å². The molecule has 2 unspecified atom stereocenters. The van der Waals surface area contributed by atoms with Crippen molar-refractivity contribution >= 4 is 56.9 Å². The zero-order chi connectivity index (χ0) is 25.0. The molecule has 4 aromatic rings. The Labute approximate surface area is 217 Å². The van der Waals surface area contributed by atoms with Gasteiger partial charge in [-0.15, -0.1) is 0 Å². The van der Waals surface area contributed by atoms with Crippen molar-refractivity contribution < 1.29 is 4.42 Å². The van der Waals surface area contributed by atoms with Gasteiger partial charge in [-0.05, 0) is 49.2 Å². The standard InChI is InChI=1S/C25H28ClN7O2S/c1-2-17-22(26)21-23(29-17)30-25(31-24(21)33-8-6-14(28)12-33)36-15-3-4-16-18(32-7-5-13(27)11-32)10-20(34)35-19(16)9-15/h3-4,9-10,13-14H,2,5-8,11-12,27-28H2,1H3,(H,29,30,31). The van der Waals surface area contributed by atoms with Crippen LogP contribution in [0.2, 0.25) is 5.02 Å². The van der Waals surface area contributed by atoms with E-state index >= 15 is 0 Å². The van der Waals surface area contributed by atoms with Crippen LogP contribution in [0.25, 0.3) is 22.0 Å². The molecule has 5 heterocycles. The van der Waals surface area contributed by atoms with Gasteiger partial charge < -0.3 is 30.7 Å². The van der Waals surface area contributed by atoms with Crippen molar-refractivity contribution in [3.63, 3.8) is 0 Å². The summed E-state index contributed by atoms with van der Waals surface area (Å²) in [6.07, 6.45) is 2.58. The minimum atomic E-state index is -0.376. The molecule has 5 N–H and O–H groups in total. The molecular weight excluding hydrogens is 498 g/mol. The van der Waals surface area contributed by atoms with E-state index < -0.39 is 0 Å². The highest BCUT2D eigenvalue weighted by Crippen LogP contribution is 2.38. The van der Waals surface area contributed by atoms with Crippen molar-refractivity contribution in [2.24, 2.45) is 11.5 Å². The van der Waals surface area contributed by atoms with Gasteiger partial charge in [0.25, 0.3) is 0 Å². The monoisotopic (exact) mass is 525 g/mol. The quantitative estimate of drug-likeness (QED) is 0.264. The molecule has 11 heteroatoms. The molecular formula is C25H28ClN7O2S. The molecule has 0 amide bonds. The van der Waals surface area contributed by atoms with E-state index in [9.17, 15) is 4.79 Å². The lowest BCUT2D eigenvalue weighted by Gasteiger charge is -2.19. The van der Waals surface area contributed by atoms with E-state index in [1.54, 1.807) is 6.07 Å². The molecule has 1 aromatic carbocycles. The van der Waals surface area contributed by atoms with Crippen LogP contribution in [0.4, 0.5) is 11.5 Å². The molecule has 3 aromatic heterocycles. The average molecular weight is 526 g/mol. The third-order valence-corrected chi connectivity index (χ3v) is 8.24. The zero-order valence-electron chi connectivity index (χ0n) is 20.0. The molecule has 36 heavy (non-hydrogen) atoms. The first kappa shape index (κ1) is 23.6. The predicted molar refractivity (Wildman–Crippen MR) is 144 cm³/mol. The van der Waals surface area contributed by atoms with Gasteiger partial charge in [-0.3, -0.25) is 0 Å². The third kappa shape index (κ3) is 4.21. The average Bonchev–Trinajstić information content (AvgIpc) is 3.56. The van der Waals surface area contributed by atoms with E-state index in [0.717, 1.165) is 78.3 Å². The Morgan fingerprint density at radius 3 is 2.58 bits per heavy atom. The molecule has 2 aliphatic rings. The smallest absolute Gasteiger partial charge is 0.338 e.